The summed E-state index contributed by atoms with van der Waals surface area (Å²) in [6.45, 7) is 4.36. The Morgan fingerprint density at radius 3 is 3.00 bits per heavy atom. The van der Waals surface area contributed by atoms with E-state index in [-0.39, 0.29) is 0 Å². The van der Waals surface area contributed by atoms with E-state index in [2.05, 4.69) is 45.9 Å². The minimum Gasteiger partial charge on any atom is -0.345 e. The number of hydrogen-bond donors (Lipinski definition) is 1. The summed E-state index contributed by atoms with van der Waals surface area (Å²) in [5.41, 5.74) is 2.07. The molecule has 0 radical (unpaired) electrons. The minimum absolute atomic E-state index is 0.557. The summed E-state index contributed by atoms with van der Waals surface area (Å²) in [6.07, 6.45) is 8.60. The minimum atomic E-state index is 0.557. The van der Waals surface area contributed by atoms with Crippen LogP contribution in [0.4, 0.5) is 0 Å². The third-order valence-electron chi connectivity index (χ3n) is 3.65. The molecule has 0 unspecified atom stereocenters. The van der Waals surface area contributed by atoms with Crippen molar-refractivity contribution in [2.75, 3.05) is 0 Å². The second-order valence-electron chi connectivity index (χ2n) is 5.87. The molecule has 0 bridgehead atoms. The van der Waals surface area contributed by atoms with E-state index in [0.29, 0.717) is 5.92 Å². The van der Waals surface area contributed by atoms with Crippen LogP contribution in [0.3, 0.4) is 0 Å². The van der Waals surface area contributed by atoms with Crippen LogP contribution in [-0.4, -0.2) is 19.9 Å². The van der Waals surface area contributed by atoms with Crippen molar-refractivity contribution in [3.05, 3.63) is 42.7 Å². The number of pyridine rings is 1. The Morgan fingerprint density at radius 2 is 2.18 bits per heavy atom. The monoisotopic (exact) mass is 308 g/mol. The van der Waals surface area contributed by atoms with Gasteiger partial charge in [0.2, 0.25) is 0 Å². The Bertz CT molecular complexity index is 919. The first-order valence-electron chi connectivity index (χ1n) is 7.37. The largest absolute Gasteiger partial charge is 0.345 e. The molecule has 4 nitrogen and oxygen atoms in total. The summed E-state index contributed by atoms with van der Waals surface area (Å²) in [5.74, 6) is 1.46. The van der Waals surface area contributed by atoms with E-state index < -0.39 is 0 Å². The molecule has 0 aliphatic carbocycles. The van der Waals surface area contributed by atoms with Crippen LogP contribution in [0.1, 0.15) is 19.7 Å². The highest BCUT2D eigenvalue weighted by Crippen LogP contribution is 2.36. The van der Waals surface area contributed by atoms with Gasteiger partial charge in [0.1, 0.15) is 11.5 Å². The number of fused-ring (bicyclic) bond motifs is 2. The van der Waals surface area contributed by atoms with Gasteiger partial charge in [0.15, 0.2) is 0 Å². The summed E-state index contributed by atoms with van der Waals surface area (Å²) in [7, 11) is 0. The van der Waals surface area contributed by atoms with Gasteiger partial charge in [-0.25, -0.2) is 9.97 Å². The molecule has 4 aromatic heterocycles. The van der Waals surface area contributed by atoms with Gasteiger partial charge in [0.25, 0.3) is 0 Å². The van der Waals surface area contributed by atoms with E-state index in [4.69, 9.17) is 0 Å². The van der Waals surface area contributed by atoms with Crippen LogP contribution in [0.5, 0.6) is 0 Å². The molecule has 22 heavy (non-hydrogen) atoms. The number of nitrogens with one attached hydrogen (secondary N) is 1. The Hall–Kier alpha value is -2.27. The lowest BCUT2D eigenvalue weighted by atomic mass is 10.1. The molecule has 4 aromatic rings. The molecule has 4 heterocycles. The topological polar surface area (TPSA) is 54.5 Å². The second kappa shape index (κ2) is 5.18. The molecule has 0 saturated heterocycles. The molecule has 0 fully saturated rings. The molecular formula is C17H16N4S. The highest BCUT2D eigenvalue weighted by Gasteiger charge is 2.12. The molecule has 1 N–H and O–H groups in total. The van der Waals surface area contributed by atoms with Crippen LogP contribution >= 0.6 is 11.3 Å². The van der Waals surface area contributed by atoms with E-state index in [1.807, 2.05) is 24.8 Å². The molecule has 5 heteroatoms. The zero-order valence-corrected chi connectivity index (χ0v) is 13.3. The third kappa shape index (κ3) is 2.27. The summed E-state index contributed by atoms with van der Waals surface area (Å²) in [5, 5.41) is 2.25. The molecule has 0 aliphatic rings. The third-order valence-corrected chi connectivity index (χ3v) is 4.80. The molecule has 0 aliphatic heterocycles. The first-order valence-corrected chi connectivity index (χ1v) is 8.19. The number of nitrogens with zero attached hydrogens (tertiary/aromatic N) is 3. The summed E-state index contributed by atoms with van der Waals surface area (Å²) in [6, 6.07) is 4.23. The van der Waals surface area contributed by atoms with E-state index in [1.165, 1.54) is 15.0 Å². The lowest BCUT2D eigenvalue weighted by molar-refractivity contribution is 0.622. The van der Waals surface area contributed by atoms with Crippen molar-refractivity contribution in [2.45, 2.75) is 20.3 Å². The van der Waals surface area contributed by atoms with Crippen LogP contribution in [0, 0.1) is 5.92 Å². The van der Waals surface area contributed by atoms with Gasteiger partial charge in [0, 0.05) is 57.1 Å². The fourth-order valence-electron chi connectivity index (χ4n) is 2.63. The number of hydrogen-bond acceptors (Lipinski definition) is 4. The highest BCUT2D eigenvalue weighted by molar-refractivity contribution is 7.22. The average Bonchev–Trinajstić information content (AvgIpc) is 3.09. The lowest BCUT2D eigenvalue weighted by Gasteiger charge is -2.02. The normalized spacial score (nSPS) is 11.8. The molecular weight excluding hydrogens is 292 g/mol. The number of H-pyrrole nitrogens is 1. The Kier molecular flexibility index (Phi) is 3.15. The predicted molar refractivity (Wildman–Crippen MR) is 91.0 cm³/mol. The fraction of sp³-hybridized carbons (Fsp3) is 0.235. The van der Waals surface area contributed by atoms with E-state index >= 15 is 0 Å². The van der Waals surface area contributed by atoms with Crippen molar-refractivity contribution >= 4 is 32.5 Å². The van der Waals surface area contributed by atoms with Gasteiger partial charge in [-0.15, -0.1) is 11.3 Å². The van der Waals surface area contributed by atoms with E-state index in [1.54, 1.807) is 11.3 Å². The van der Waals surface area contributed by atoms with Crippen LogP contribution < -0.4 is 0 Å². The van der Waals surface area contributed by atoms with Crippen molar-refractivity contribution in [1.82, 2.24) is 19.9 Å². The maximum atomic E-state index is 4.64. The van der Waals surface area contributed by atoms with Gasteiger partial charge >= 0.3 is 0 Å². The number of aromatic amines is 1. The Balaban J connectivity index is 1.81. The van der Waals surface area contributed by atoms with Gasteiger partial charge < -0.3 is 4.98 Å². The average molecular weight is 308 g/mol. The summed E-state index contributed by atoms with van der Waals surface area (Å²) in [4.78, 5) is 17.8. The maximum Gasteiger partial charge on any atom is 0.141 e. The highest BCUT2D eigenvalue weighted by atomic mass is 32.1. The van der Waals surface area contributed by atoms with Gasteiger partial charge in [-0.3, -0.25) is 4.98 Å². The standard InChI is InChI=1S/C17H16N4S/c1-10(2)5-16-19-9-13-12(8-20-17(13)21-16)15-6-11-7-18-4-3-14(11)22-15/h3-4,6-10H,5H2,1-2H3,(H,19,20,21). The van der Waals surface area contributed by atoms with Crippen molar-refractivity contribution in [3.63, 3.8) is 0 Å². The Labute approximate surface area is 132 Å². The molecule has 0 amide bonds. The van der Waals surface area contributed by atoms with Crippen LogP contribution in [0.2, 0.25) is 0 Å². The quantitative estimate of drug-likeness (QED) is 0.609. The second-order valence-corrected chi connectivity index (χ2v) is 6.96. The van der Waals surface area contributed by atoms with E-state index in [9.17, 15) is 0 Å². The SMILES string of the molecule is CC(C)Cc1ncc2c(-c3cc4cnccc4s3)c[nH]c2n1. The van der Waals surface area contributed by atoms with Gasteiger partial charge in [0.05, 0.1) is 0 Å². The first kappa shape index (κ1) is 13.4. The van der Waals surface area contributed by atoms with Crippen molar-refractivity contribution in [2.24, 2.45) is 5.92 Å². The predicted octanol–water partition coefficient (Wildman–Crippen LogP) is 4.43. The number of rotatable bonds is 3. The smallest absolute Gasteiger partial charge is 0.141 e. The van der Waals surface area contributed by atoms with Gasteiger partial charge in [-0.05, 0) is 18.1 Å². The van der Waals surface area contributed by atoms with Gasteiger partial charge in [-0.1, -0.05) is 13.8 Å². The maximum absolute atomic E-state index is 4.64. The molecule has 110 valence electrons. The van der Waals surface area contributed by atoms with Crippen molar-refractivity contribution in [1.29, 1.82) is 0 Å². The molecule has 0 saturated carbocycles. The lowest BCUT2D eigenvalue weighted by Crippen LogP contribution is -2.00. The van der Waals surface area contributed by atoms with Crippen LogP contribution in [0.25, 0.3) is 31.6 Å². The Morgan fingerprint density at radius 1 is 1.27 bits per heavy atom. The zero-order valence-electron chi connectivity index (χ0n) is 12.5. The molecule has 0 spiro atoms. The van der Waals surface area contributed by atoms with Gasteiger partial charge in [-0.2, -0.15) is 0 Å². The van der Waals surface area contributed by atoms with E-state index in [0.717, 1.165) is 28.8 Å². The number of thiophene rings is 1. The summed E-state index contributed by atoms with van der Waals surface area (Å²) < 4.78 is 1.25. The van der Waals surface area contributed by atoms with Crippen molar-refractivity contribution in [3.8, 4) is 10.4 Å². The van der Waals surface area contributed by atoms with Crippen LogP contribution in [0.15, 0.2) is 36.9 Å². The summed E-state index contributed by atoms with van der Waals surface area (Å²) >= 11 is 1.77. The van der Waals surface area contributed by atoms with Crippen molar-refractivity contribution < 1.29 is 0 Å². The molecule has 0 aromatic carbocycles. The number of aromatic nitrogens is 4. The molecule has 0 atom stereocenters. The van der Waals surface area contributed by atoms with Crippen LogP contribution in [-0.2, 0) is 6.42 Å². The zero-order chi connectivity index (χ0) is 15.1. The fourth-order valence-corrected chi connectivity index (χ4v) is 3.69. The first-order chi connectivity index (χ1) is 10.7. The molecule has 4 rings (SSSR count).